The minimum atomic E-state index is 0. The fourth-order valence-electron chi connectivity index (χ4n) is 1.57. The SMILES string of the molecule is C[C@H]1CNCCN1C(=O)CSC(C)(C)C.Cl. The highest BCUT2D eigenvalue weighted by atomic mass is 35.5. The number of halogens is 1. The van der Waals surface area contributed by atoms with Gasteiger partial charge in [-0.15, -0.1) is 24.2 Å². The summed E-state index contributed by atoms with van der Waals surface area (Å²) in [6, 6.07) is 0.340. The quantitative estimate of drug-likeness (QED) is 0.827. The lowest BCUT2D eigenvalue weighted by Crippen LogP contribution is -2.52. The van der Waals surface area contributed by atoms with Gasteiger partial charge in [0.1, 0.15) is 0 Å². The summed E-state index contributed by atoms with van der Waals surface area (Å²) in [5.41, 5.74) is 0. The van der Waals surface area contributed by atoms with Gasteiger partial charge < -0.3 is 10.2 Å². The number of rotatable bonds is 2. The Kier molecular flexibility index (Phi) is 6.75. The van der Waals surface area contributed by atoms with Gasteiger partial charge in [-0.1, -0.05) is 20.8 Å². The van der Waals surface area contributed by atoms with E-state index in [2.05, 4.69) is 33.0 Å². The van der Waals surface area contributed by atoms with Crippen molar-refractivity contribution < 1.29 is 4.79 Å². The predicted molar refractivity (Wildman–Crippen MR) is 73.5 cm³/mol. The normalized spacial score (nSPS) is 21.5. The first-order valence-electron chi connectivity index (χ1n) is 5.54. The molecule has 0 aromatic rings. The van der Waals surface area contributed by atoms with E-state index in [9.17, 15) is 4.79 Å². The molecule has 0 saturated carbocycles. The van der Waals surface area contributed by atoms with E-state index in [1.54, 1.807) is 11.8 Å². The lowest BCUT2D eigenvalue weighted by atomic mass is 10.2. The van der Waals surface area contributed by atoms with Crippen LogP contribution < -0.4 is 5.32 Å². The molecule has 0 aliphatic carbocycles. The highest BCUT2D eigenvalue weighted by Gasteiger charge is 2.24. The average molecular weight is 267 g/mol. The zero-order chi connectivity index (χ0) is 11.5. The first kappa shape index (κ1) is 16.1. The van der Waals surface area contributed by atoms with Crippen LogP contribution in [0.5, 0.6) is 0 Å². The summed E-state index contributed by atoms with van der Waals surface area (Å²) in [6.07, 6.45) is 0. The molecule has 1 rings (SSSR count). The van der Waals surface area contributed by atoms with E-state index in [-0.39, 0.29) is 23.1 Å². The second-order valence-electron chi connectivity index (χ2n) is 5.04. The lowest BCUT2D eigenvalue weighted by molar-refractivity contribution is -0.131. The number of piperazine rings is 1. The number of hydrogen-bond donors (Lipinski definition) is 1. The van der Waals surface area contributed by atoms with Gasteiger partial charge in [-0.3, -0.25) is 4.79 Å². The van der Waals surface area contributed by atoms with Gasteiger partial charge in [0.15, 0.2) is 0 Å². The Hall–Kier alpha value is 0.0700. The lowest BCUT2D eigenvalue weighted by Gasteiger charge is -2.34. The minimum Gasteiger partial charge on any atom is -0.337 e. The van der Waals surface area contributed by atoms with Crippen molar-refractivity contribution in [2.75, 3.05) is 25.4 Å². The summed E-state index contributed by atoms with van der Waals surface area (Å²) in [5, 5.41) is 3.29. The second-order valence-corrected chi connectivity index (χ2v) is 6.84. The molecule has 96 valence electrons. The van der Waals surface area contributed by atoms with Crippen LogP contribution in [-0.2, 0) is 4.79 Å². The fourth-order valence-corrected chi connectivity index (χ4v) is 2.30. The van der Waals surface area contributed by atoms with E-state index >= 15 is 0 Å². The maximum absolute atomic E-state index is 11.9. The van der Waals surface area contributed by atoms with E-state index in [0.717, 1.165) is 19.6 Å². The third kappa shape index (κ3) is 5.41. The fraction of sp³-hybridized carbons (Fsp3) is 0.909. The molecular formula is C11H23ClN2OS. The Morgan fingerprint density at radius 3 is 2.62 bits per heavy atom. The van der Waals surface area contributed by atoms with Crippen LogP contribution in [0.1, 0.15) is 27.7 Å². The number of carbonyl (C=O) groups excluding carboxylic acids is 1. The summed E-state index contributed by atoms with van der Waals surface area (Å²) in [4.78, 5) is 13.9. The van der Waals surface area contributed by atoms with Crippen molar-refractivity contribution in [1.29, 1.82) is 0 Å². The Bertz CT molecular complexity index is 231. The molecule has 0 aromatic carbocycles. The Morgan fingerprint density at radius 2 is 2.12 bits per heavy atom. The highest BCUT2D eigenvalue weighted by Crippen LogP contribution is 2.23. The van der Waals surface area contributed by atoms with Gasteiger partial charge in [-0.05, 0) is 6.92 Å². The van der Waals surface area contributed by atoms with E-state index < -0.39 is 0 Å². The number of nitrogens with zero attached hydrogens (tertiary/aromatic N) is 1. The zero-order valence-corrected chi connectivity index (χ0v) is 12.2. The Balaban J connectivity index is 0.00000225. The molecule has 0 spiro atoms. The smallest absolute Gasteiger partial charge is 0.232 e. The van der Waals surface area contributed by atoms with Gasteiger partial charge in [0, 0.05) is 30.4 Å². The van der Waals surface area contributed by atoms with Crippen LogP contribution in [0.4, 0.5) is 0 Å². The summed E-state index contributed by atoms with van der Waals surface area (Å²) in [7, 11) is 0. The molecule has 0 unspecified atom stereocenters. The number of amides is 1. The number of hydrogen-bond acceptors (Lipinski definition) is 3. The van der Waals surface area contributed by atoms with Crippen LogP contribution in [0, 0.1) is 0 Å². The van der Waals surface area contributed by atoms with Gasteiger partial charge >= 0.3 is 0 Å². The van der Waals surface area contributed by atoms with Crippen LogP contribution in [0.15, 0.2) is 0 Å². The molecule has 1 aliphatic heterocycles. The van der Waals surface area contributed by atoms with E-state index in [4.69, 9.17) is 0 Å². The van der Waals surface area contributed by atoms with E-state index in [0.29, 0.717) is 11.8 Å². The molecule has 1 fully saturated rings. The number of nitrogens with one attached hydrogen (secondary N) is 1. The van der Waals surface area contributed by atoms with Crippen LogP contribution in [-0.4, -0.2) is 47.0 Å². The molecule has 0 bridgehead atoms. The third-order valence-electron chi connectivity index (χ3n) is 2.45. The molecule has 1 saturated heterocycles. The van der Waals surface area contributed by atoms with Gasteiger partial charge in [0.05, 0.1) is 5.75 Å². The van der Waals surface area contributed by atoms with Crippen LogP contribution in [0.3, 0.4) is 0 Å². The summed E-state index contributed by atoms with van der Waals surface area (Å²) in [6.45, 7) is 11.2. The molecule has 0 radical (unpaired) electrons. The topological polar surface area (TPSA) is 32.3 Å². The standard InChI is InChI=1S/C11H22N2OS.ClH/c1-9-7-12-5-6-13(9)10(14)8-15-11(2,3)4;/h9,12H,5-8H2,1-4H3;1H/t9-;/m0./s1. The minimum absolute atomic E-state index is 0. The summed E-state index contributed by atoms with van der Waals surface area (Å²) < 4.78 is 0.174. The largest absolute Gasteiger partial charge is 0.337 e. The van der Waals surface area contributed by atoms with Crippen molar-refractivity contribution in [2.24, 2.45) is 0 Å². The molecule has 1 aliphatic rings. The van der Waals surface area contributed by atoms with Gasteiger partial charge in [0.25, 0.3) is 0 Å². The van der Waals surface area contributed by atoms with Crippen molar-refractivity contribution >= 4 is 30.1 Å². The monoisotopic (exact) mass is 266 g/mol. The van der Waals surface area contributed by atoms with Crippen molar-refractivity contribution in [3.05, 3.63) is 0 Å². The molecule has 3 nitrogen and oxygen atoms in total. The molecule has 1 amide bonds. The predicted octanol–water partition coefficient (Wildman–Crippen LogP) is 1.76. The van der Waals surface area contributed by atoms with Crippen molar-refractivity contribution in [3.8, 4) is 0 Å². The second kappa shape index (κ2) is 6.72. The first-order chi connectivity index (χ1) is 6.90. The Labute approximate surface area is 109 Å². The number of carbonyl (C=O) groups is 1. The van der Waals surface area contributed by atoms with E-state index in [1.165, 1.54) is 0 Å². The molecule has 1 N–H and O–H groups in total. The first-order valence-corrected chi connectivity index (χ1v) is 6.53. The molecular weight excluding hydrogens is 244 g/mol. The zero-order valence-electron chi connectivity index (χ0n) is 10.6. The average Bonchev–Trinajstić information content (AvgIpc) is 2.14. The van der Waals surface area contributed by atoms with Gasteiger partial charge in [-0.25, -0.2) is 0 Å². The Morgan fingerprint density at radius 1 is 1.50 bits per heavy atom. The highest BCUT2D eigenvalue weighted by molar-refractivity contribution is 8.01. The van der Waals surface area contributed by atoms with Crippen LogP contribution in [0.25, 0.3) is 0 Å². The maximum Gasteiger partial charge on any atom is 0.232 e. The molecule has 16 heavy (non-hydrogen) atoms. The van der Waals surface area contributed by atoms with Gasteiger partial charge in [-0.2, -0.15) is 0 Å². The van der Waals surface area contributed by atoms with Crippen molar-refractivity contribution in [2.45, 2.75) is 38.5 Å². The van der Waals surface area contributed by atoms with Gasteiger partial charge in [0.2, 0.25) is 5.91 Å². The number of thioether (sulfide) groups is 1. The third-order valence-corrected chi connectivity index (χ3v) is 3.71. The maximum atomic E-state index is 11.9. The van der Waals surface area contributed by atoms with Crippen LogP contribution >= 0.6 is 24.2 Å². The molecule has 0 aromatic heterocycles. The summed E-state index contributed by atoms with van der Waals surface area (Å²) >= 11 is 1.73. The van der Waals surface area contributed by atoms with E-state index in [1.807, 2.05) is 4.90 Å². The molecule has 5 heteroatoms. The van der Waals surface area contributed by atoms with Crippen molar-refractivity contribution in [1.82, 2.24) is 10.2 Å². The van der Waals surface area contributed by atoms with Crippen molar-refractivity contribution in [3.63, 3.8) is 0 Å². The van der Waals surface area contributed by atoms with Crippen LogP contribution in [0.2, 0.25) is 0 Å². The summed E-state index contributed by atoms with van der Waals surface area (Å²) in [5.74, 6) is 0.886. The molecule has 1 atom stereocenters. The molecule has 1 heterocycles.